The summed E-state index contributed by atoms with van der Waals surface area (Å²) in [7, 11) is 0. The molecule has 3 nitrogen and oxygen atoms in total. The van der Waals surface area contributed by atoms with Gasteiger partial charge in [0.05, 0.1) is 6.10 Å². The first-order chi connectivity index (χ1) is 15.4. The predicted molar refractivity (Wildman–Crippen MR) is 128 cm³/mol. The Bertz CT molecular complexity index is 788. The first kappa shape index (κ1) is 22.7. The number of carbonyl (C=O) groups excluding carboxylic acids is 1. The summed E-state index contributed by atoms with van der Waals surface area (Å²) < 4.78 is 5.98. The second-order valence-electron chi connectivity index (χ2n) is 12.2. The minimum Gasteiger partial charge on any atom is -0.431 e. The van der Waals surface area contributed by atoms with Crippen molar-refractivity contribution in [2.24, 2.45) is 28.6 Å². The molecule has 0 radical (unpaired) electrons. The van der Waals surface area contributed by atoms with Crippen LogP contribution in [0.4, 0.5) is 0 Å². The van der Waals surface area contributed by atoms with E-state index in [1.165, 1.54) is 76.2 Å². The maximum absolute atomic E-state index is 12.6. The second-order valence-corrected chi connectivity index (χ2v) is 12.2. The third kappa shape index (κ3) is 4.12. The predicted octanol–water partition coefficient (Wildman–Crippen LogP) is 7.24. The molecule has 2 bridgehead atoms. The SMILES string of the molecule is C/C(OC(=O)CCC1CCCC1)=C1/CCC2C3CC=C4CC(O)CCC4(CCCC12C)C3. The zero-order valence-corrected chi connectivity index (χ0v) is 20.5. The molecule has 5 rings (SSSR count). The van der Waals surface area contributed by atoms with Gasteiger partial charge in [0.2, 0.25) is 0 Å². The molecule has 0 saturated heterocycles. The average Bonchev–Trinajstić information content (AvgIpc) is 3.39. The highest BCUT2D eigenvalue weighted by Gasteiger charge is 2.53. The van der Waals surface area contributed by atoms with E-state index >= 15 is 0 Å². The Morgan fingerprint density at radius 3 is 2.75 bits per heavy atom. The van der Waals surface area contributed by atoms with Crippen LogP contribution in [0.25, 0.3) is 0 Å². The van der Waals surface area contributed by atoms with E-state index in [0.29, 0.717) is 17.8 Å². The van der Waals surface area contributed by atoms with Crippen molar-refractivity contribution in [1.82, 2.24) is 0 Å². The summed E-state index contributed by atoms with van der Waals surface area (Å²) in [6.07, 6.45) is 20.9. The molecule has 0 aliphatic heterocycles. The maximum Gasteiger partial charge on any atom is 0.310 e. The number of aliphatic hydroxyl groups is 1. The number of hydrogen-bond acceptors (Lipinski definition) is 3. The number of aliphatic hydroxyl groups excluding tert-OH is 1. The molecule has 5 atom stereocenters. The first-order valence-corrected chi connectivity index (χ1v) is 13.7. The molecule has 3 heteroatoms. The van der Waals surface area contributed by atoms with Crippen LogP contribution in [0.1, 0.15) is 117 Å². The third-order valence-electron chi connectivity index (χ3n) is 10.5. The lowest BCUT2D eigenvalue weighted by molar-refractivity contribution is -0.139. The maximum atomic E-state index is 12.6. The Balaban J connectivity index is 1.30. The van der Waals surface area contributed by atoms with Crippen molar-refractivity contribution in [3.05, 3.63) is 23.0 Å². The van der Waals surface area contributed by atoms with Crippen molar-refractivity contribution in [3.8, 4) is 0 Å². The van der Waals surface area contributed by atoms with Gasteiger partial charge in [0.15, 0.2) is 0 Å². The summed E-state index contributed by atoms with van der Waals surface area (Å²) in [5.74, 6) is 3.10. The van der Waals surface area contributed by atoms with Crippen LogP contribution >= 0.6 is 0 Å². The summed E-state index contributed by atoms with van der Waals surface area (Å²) in [6, 6.07) is 0. The Kier molecular flexibility index (Phi) is 6.33. The van der Waals surface area contributed by atoms with Crippen molar-refractivity contribution in [3.63, 3.8) is 0 Å². The summed E-state index contributed by atoms with van der Waals surface area (Å²) in [4.78, 5) is 12.6. The van der Waals surface area contributed by atoms with Gasteiger partial charge >= 0.3 is 5.97 Å². The number of ether oxygens (including phenoxy) is 1. The molecule has 0 aromatic heterocycles. The molecule has 5 aliphatic rings. The smallest absolute Gasteiger partial charge is 0.310 e. The van der Waals surface area contributed by atoms with Crippen molar-refractivity contribution in [2.75, 3.05) is 0 Å². The van der Waals surface area contributed by atoms with Gasteiger partial charge < -0.3 is 9.84 Å². The van der Waals surface area contributed by atoms with Crippen molar-refractivity contribution >= 4 is 5.97 Å². The molecule has 0 aromatic rings. The van der Waals surface area contributed by atoms with Crippen molar-refractivity contribution in [2.45, 2.75) is 123 Å². The highest BCUT2D eigenvalue weighted by atomic mass is 16.5. The van der Waals surface area contributed by atoms with Gasteiger partial charge in [-0.15, -0.1) is 0 Å². The van der Waals surface area contributed by atoms with Gasteiger partial charge in [-0.05, 0) is 105 Å². The van der Waals surface area contributed by atoms with Crippen LogP contribution in [0.15, 0.2) is 23.0 Å². The van der Waals surface area contributed by atoms with Gasteiger partial charge in [0.25, 0.3) is 0 Å². The summed E-state index contributed by atoms with van der Waals surface area (Å²) in [6.45, 7) is 4.55. The lowest BCUT2D eigenvalue weighted by atomic mass is 9.53. The van der Waals surface area contributed by atoms with E-state index in [-0.39, 0.29) is 17.5 Å². The molecule has 4 saturated carbocycles. The lowest BCUT2D eigenvalue weighted by Gasteiger charge is -2.52. The van der Waals surface area contributed by atoms with Crippen LogP contribution in [-0.4, -0.2) is 17.2 Å². The molecule has 1 N–H and O–H groups in total. The third-order valence-corrected chi connectivity index (χ3v) is 10.5. The van der Waals surface area contributed by atoms with E-state index in [1.807, 2.05) is 0 Å². The number of hydrogen-bond donors (Lipinski definition) is 1. The molecule has 4 fully saturated rings. The molecule has 178 valence electrons. The van der Waals surface area contributed by atoms with Crippen LogP contribution in [0, 0.1) is 28.6 Å². The van der Waals surface area contributed by atoms with Gasteiger partial charge in [-0.2, -0.15) is 0 Å². The standard InChI is InChI=1S/C29H44O3/c1-20(32-27(31)13-8-21-6-3-4-7-21)25-11-12-26-22-9-10-23-18-24(30)14-17-29(23,19-22)16-5-15-28(25,26)2/h10,21-22,24,26,30H,3-9,11-19H2,1-2H3/b25-20+. The number of carbonyl (C=O) groups is 1. The summed E-state index contributed by atoms with van der Waals surface area (Å²) in [5, 5.41) is 10.2. The molecule has 0 aromatic carbocycles. The number of allylic oxidation sites excluding steroid dienone is 3. The molecular formula is C29H44O3. The van der Waals surface area contributed by atoms with E-state index in [4.69, 9.17) is 4.74 Å². The second kappa shape index (κ2) is 8.93. The lowest BCUT2D eigenvalue weighted by Crippen LogP contribution is -2.42. The summed E-state index contributed by atoms with van der Waals surface area (Å²) >= 11 is 0. The highest BCUT2D eigenvalue weighted by Crippen LogP contribution is 2.63. The monoisotopic (exact) mass is 440 g/mol. The fourth-order valence-corrected chi connectivity index (χ4v) is 8.78. The Morgan fingerprint density at radius 1 is 1.12 bits per heavy atom. The number of esters is 1. The van der Waals surface area contributed by atoms with Gasteiger partial charge in [0.1, 0.15) is 5.76 Å². The zero-order valence-electron chi connectivity index (χ0n) is 20.5. The molecule has 32 heavy (non-hydrogen) atoms. The number of fused-ring (bicyclic) bond motifs is 3. The summed E-state index contributed by atoms with van der Waals surface area (Å²) in [5.41, 5.74) is 3.58. The first-order valence-electron chi connectivity index (χ1n) is 13.7. The quantitative estimate of drug-likeness (QED) is 0.285. The van der Waals surface area contributed by atoms with Gasteiger partial charge in [0, 0.05) is 6.42 Å². The normalized spacial score (nSPS) is 41.2. The van der Waals surface area contributed by atoms with Crippen molar-refractivity contribution < 1.29 is 14.6 Å². The molecule has 5 aliphatic carbocycles. The minimum atomic E-state index is -0.119. The van der Waals surface area contributed by atoms with Crippen LogP contribution in [0.3, 0.4) is 0 Å². The molecule has 0 heterocycles. The molecule has 1 spiro atoms. The van der Waals surface area contributed by atoms with E-state index < -0.39 is 0 Å². The highest BCUT2D eigenvalue weighted by molar-refractivity contribution is 5.70. The largest absolute Gasteiger partial charge is 0.431 e. The van der Waals surface area contributed by atoms with E-state index in [0.717, 1.165) is 43.3 Å². The fourth-order valence-electron chi connectivity index (χ4n) is 8.78. The van der Waals surface area contributed by atoms with Gasteiger partial charge in [-0.25, -0.2) is 0 Å². The Hall–Kier alpha value is -1.09. The molecular weight excluding hydrogens is 396 g/mol. The topological polar surface area (TPSA) is 46.5 Å². The van der Waals surface area contributed by atoms with Gasteiger partial charge in [-0.3, -0.25) is 4.79 Å². The van der Waals surface area contributed by atoms with Crippen LogP contribution in [0.2, 0.25) is 0 Å². The minimum absolute atomic E-state index is 0.00949. The van der Waals surface area contributed by atoms with Crippen molar-refractivity contribution in [1.29, 1.82) is 0 Å². The van der Waals surface area contributed by atoms with Crippen LogP contribution in [-0.2, 0) is 9.53 Å². The number of rotatable bonds is 4. The van der Waals surface area contributed by atoms with Crippen LogP contribution in [0.5, 0.6) is 0 Å². The average molecular weight is 441 g/mol. The zero-order chi connectivity index (χ0) is 22.3. The molecule has 0 amide bonds. The van der Waals surface area contributed by atoms with E-state index in [2.05, 4.69) is 19.9 Å². The van der Waals surface area contributed by atoms with E-state index in [1.54, 1.807) is 5.57 Å². The fraction of sp³-hybridized carbons (Fsp3) is 0.828. The Labute approximate surface area is 195 Å². The Morgan fingerprint density at radius 2 is 1.94 bits per heavy atom. The van der Waals surface area contributed by atoms with Crippen LogP contribution < -0.4 is 0 Å². The van der Waals surface area contributed by atoms with Gasteiger partial charge in [-0.1, -0.05) is 50.7 Å². The molecule has 5 unspecified atom stereocenters. The van der Waals surface area contributed by atoms with E-state index in [9.17, 15) is 9.90 Å².